The molecule has 0 aromatic carbocycles. The van der Waals surface area contributed by atoms with Crippen molar-refractivity contribution in [2.75, 3.05) is 6.54 Å². The van der Waals surface area contributed by atoms with Gasteiger partial charge in [-0.1, -0.05) is 13.3 Å². The highest BCUT2D eigenvalue weighted by Gasteiger charge is 2.29. The number of hydrogen-bond acceptors (Lipinski definition) is 3. The number of thiazole rings is 1. The number of likely N-dealkylation sites (tertiary alicyclic amines) is 1. The van der Waals surface area contributed by atoms with Crippen LogP contribution in [0, 0.1) is 5.92 Å². The maximum Gasteiger partial charge on any atom is 0.110 e. The molecule has 18 heavy (non-hydrogen) atoms. The molecule has 2 heterocycles. The Morgan fingerprint density at radius 1 is 1.56 bits per heavy atom. The summed E-state index contributed by atoms with van der Waals surface area (Å²) >= 11 is 7.59. The fraction of sp³-hybridized carbons (Fsp3) is 0.786. The van der Waals surface area contributed by atoms with Gasteiger partial charge in [-0.3, -0.25) is 4.90 Å². The summed E-state index contributed by atoms with van der Waals surface area (Å²) in [6.45, 7) is 8.15. The van der Waals surface area contributed by atoms with Gasteiger partial charge < -0.3 is 0 Å². The maximum atomic E-state index is 5.84. The molecule has 1 aromatic rings. The zero-order chi connectivity index (χ0) is 13.1. The normalized spacial score (nSPS) is 27.3. The van der Waals surface area contributed by atoms with Crippen LogP contribution >= 0.6 is 22.9 Å². The highest BCUT2D eigenvalue weighted by Crippen LogP contribution is 2.33. The van der Waals surface area contributed by atoms with Gasteiger partial charge in [0.2, 0.25) is 0 Å². The molecule has 0 N–H and O–H groups in total. The number of halogens is 1. The lowest BCUT2D eigenvalue weighted by atomic mass is 9.90. The monoisotopic (exact) mass is 286 g/mol. The van der Waals surface area contributed by atoms with Crippen LogP contribution in [0.25, 0.3) is 0 Å². The van der Waals surface area contributed by atoms with Gasteiger partial charge in [0.25, 0.3) is 0 Å². The van der Waals surface area contributed by atoms with E-state index in [2.05, 4.69) is 36.0 Å². The molecule has 1 aromatic heterocycles. The Balaban J connectivity index is 2.08. The first-order chi connectivity index (χ1) is 8.65. The van der Waals surface area contributed by atoms with Gasteiger partial charge in [0.15, 0.2) is 0 Å². The van der Waals surface area contributed by atoms with Crippen molar-refractivity contribution in [3.63, 3.8) is 0 Å². The van der Waals surface area contributed by atoms with Gasteiger partial charge in [-0.25, -0.2) is 4.98 Å². The first-order valence-electron chi connectivity index (χ1n) is 6.91. The SMILES string of the molecule is CCC1CCC(C)N(C(C)c2nc(CCl)cs2)C1. The minimum atomic E-state index is 0.427. The van der Waals surface area contributed by atoms with E-state index < -0.39 is 0 Å². The van der Waals surface area contributed by atoms with Crippen LogP contribution in [-0.2, 0) is 5.88 Å². The first-order valence-corrected chi connectivity index (χ1v) is 8.33. The first kappa shape index (κ1) is 14.3. The molecule has 0 bridgehead atoms. The number of nitrogens with zero attached hydrogens (tertiary/aromatic N) is 2. The van der Waals surface area contributed by atoms with Crippen LogP contribution in [-0.4, -0.2) is 22.5 Å². The van der Waals surface area contributed by atoms with Crippen LogP contribution in [0.2, 0.25) is 0 Å². The van der Waals surface area contributed by atoms with Gasteiger partial charge in [-0.2, -0.15) is 0 Å². The summed E-state index contributed by atoms with van der Waals surface area (Å²) < 4.78 is 0. The van der Waals surface area contributed by atoms with E-state index in [0.29, 0.717) is 18.0 Å². The third-order valence-corrected chi connectivity index (χ3v) is 5.50. The summed E-state index contributed by atoms with van der Waals surface area (Å²) in [6, 6.07) is 1.10. The number of alkyl halides is 1. The molecule has 0 radical (unpaired) electrons. The van der Waals surface area contributed by atoms with Gasteiger partial charge in [0, 0.05) is 18.0 Å². The molecule has 1 fully saturated rings. The second-order valence-electron chi connectivity index (χ2n) is 5.38. The molecular formula is C14H23ClN2S. The number of rotatable bonds is 4. The zero-order valence-corrected chi connectivity index (χ0v) is 13.1. The summed E-state index contributed by atoms with van der Waals surface area (Å²) in [7, 11) is 0. The van der Waals surface area contributed by atoms with E-state index in [9.17, 15) is 0 Å². The Morgan fingerprint density at radius 2 is 2.33 bits per heavy atom. The fourth-order valence-corrected chi connectivity index (χ4v) is 3.93. The molecule has 2 rings (SSSR count). The van der Waals surface area contributed by atoms with E-state index in [1.165, 1.54) is 30.8 Å². The summed E-state index contributed by atoms with van der Waals surface area (Å²) in [5, 5.41) is 3.30. The third-order valence-electron chi connectivity index (χ3n) is 4.17. The molecule has 3 atom stereocenters. The standard InChI is InChI=1S/C14H23ClN2S/c1-4-12-6-5-10(2)17(8-12)11(3)14-16-13(7-15)9-18-14/h9-12H,4-8H2,1-3H3. The summed E-state index contributed by atoms with van der Waals surface area (Å²) in [6.07, 6.45) is 3.99. The summed E-state index contributed by atoms with van der Waals surface area (Å²) in [4.78, 5) is 7.25. The van der Waals surface area contributed by atoms with Gasteiger partial charge in [0.1, 0.15) is 5.01 Å². The average Bonchev–Trinajstić information content (AvgIpc) is 2.87. The quantitative estimate of drug-likeness (QED) is 0.760. The summed E-state index contributed by atoms with van der Waals surface area (Å²) in [5.74, 6) is 1.38. The van der Waals surface area contributed by atoms with E-state index in [1.807, 2.05) is 0 Å². The molecule has 0 spiro atoms. The van der Waals surface area contributed by atoms with Gasteiger partial charge in [-0.15, -0.1) is 22.9 Å². The van der Waals surface area contributed by atoms with Crippen molar-refractivity contribution >= 4 is 22.9 Å². The van der Waals surface area contributed by atoms with Crippen molar-refractivity contribution in [3.05, 3.63) is 16.1 Å². The van der Waals surface area contributed by atoms with Gasteiger partial charge >= 0.3 is 0 Å². The molecule has 1 aliphatic rings. The minimum Gasteiger partial charge on any atom is -0.291 e. The Kier molecular flexibility index (Phi) is 5.05. The molecule has 4 heteroatoms. The highest BCUT2D eigenvalue weighted by molar-refractivity contribution is 7.09. The van der Waals surface area contributed by atoms with Crippen molar-refractivity contribution in [1.82, 2.24) is 9.88 Å². The maximum absolute atomic E-state index is 5.84. The molecule has 0 aliphatic carbocycles. The van der Waals surface area contributed by atoms with E-state index in [1.54, 1.807) is 11.3 Å². The van der Waals surface area contributed by atoms with E-state index in [0.717, 1.165) is 11.6 Å². The van der Waals surface area contributed by atoms with E-state index >= 15 is 0 Å². The van der Waals surface area contributed by atoms with E-state index in [4.69, 9.17) is 11.6 Å². The second-order valence-corrected chi connectivity index (χ2v) is 6.54. The molecule has 0 saturated carbocycles. The van der Waals surface area contributed by atoms with Crippen molar-refractivity contribution in [3.8, 4) is 0 Å². The Hall–Kier alpha value is -0.120. The van der Waals surface area contributed by atoms with Gasteiger partial charge in [-0.05, 0) is 32.6 Å². The number of piperidine rings is 1. The Labute approximate surface area is 119 Å². The summed E-state index contributed by atoms with van der Waals surface area (Å²) in [5.41, 5.74) is 1.01. The van der Waals surface area contributed by atoms with Crippen LogP contribution in [0.3, 0.4) is 0 Å². The third kappa shape index (κ3) is 3.06. The predicted octanol–water partition coefficient (Wildman–Crippen LogP) is 4.45. The van der Waals surface area contributed by atoms with Crippen LogP contribution in [0.5, 0.6) is 0 Å². The molecule has 1 aliphatic heterocycles. The lowest BCUT2D eigenvalue weighted by molar-refractivity contribution is 0.0771. The Bertz CT molecular complexity index is 380. The van der Waals surface area contributed by atoms with Crippen molar-refractivity contribution in [1.29, 1.82) is 0 Å². The largest absolute Gasteiger partial charge is 0.291 e. The van der Waals surface area contributed by atoms with Crippen molar-refractivity contribution in [2.45, 2.75) is 58.0 Å². The number of hydrogen-bond donors (Lipinski definition) is 0. The Morgan fingerprint density at radius 3 is 2.94 bits per heavy atom. The topological polar surface area (TPSA) is 16.1 Å². The second kappa shape index (κ2) is 6.36. The molecule has 3 unspecified atom stereocenters. The number of aromatic nitrogens is 1. The van der Waals surface area contributed by atoms with Gasteiger partial charge in [0.05, 0.1) is 17.6 Å². The fourth-order valence-electron chi connectivity index (χ4n) is 2.80. The van der Waals surface area contributed by atoms with Crippen LogP contribution in [0.1, 0.15) is 56.8 Å². The van der Waals surface area contributed by atoms with Crippen LogP contribution < -0.4 is 0 Å². The average molecular weight is 287 g/mol. The van der Waals surface area contributed by atoms with Crippen LogP contribution in [0.4, 0.5) is 0 Å². The van der Waals surface area contributed by atoms with Crippen molar-refractivity contribution in [2.24, 2.45) is 5.92 Å². The smallest absolute Gasteiger partial charge is 0.110 e. The highest BCUT2D eigenvalue weighted by atomic mass is 35.5. The van der Waals surface area contributed by atoms with Crippen LogP contribution in [0.15, 0.2) is 5.38 Å². The lowest BCUT2D eigenvalue weighted by Crippen LogP contribution is -2.43. The lowest BCUT2D eigenvalue weighted by Gasteiger charge is -2.40. The van der Waals surface area contributed by atoms with E-state index in [-0.39, 0.29) is 0 Å². The minimum absolute atomic E-state index is 0.427. The molecule has 1 saturated heterocycles. The zero-order valence-electron chi connectivity index (χ0n) is 11.5. The molecule has 0 amide bonds. The predicted molar refractivity (Wildman–Crippen MR) is 79.3 cm³/mol. The molecular weight excluding hydrogens is 264 g/mol. The van der Waals surface area contributed by atoms with Crippen molar-refractivity contribution < 1.29 is 0 Å². The molecule has 102 valence electrons. The molecule has 2 nitrogen and oxygen atoms in total.